The summed E-state index contributed by atoms with van der Waals surface area (Å²) in [4.78, 5) is 11.2. The van der Waals surface area contributed by atoms with E-state index < -0.39 is 5.97 Å². The fourth-order valence-corrected chi connectivity index (χ4v) is 4.65. The predicted molar refractivity (Wildman–Crippen MR) is 155 cm³/mol. The van der Waals surface area contributed by atoms with Gasteiger partial charge in [0.05, 0.1) is 10.6 Å². The molecular formula is C33H23Cl2O4. The molecule has 39 heavy (non-hydrogen) atoms. The smallest absolute Gasteiger partial charge is 0.335 e. The Hall–Kier alpha value is -4.25. The molecule has 0 atom stereocenters. The lowest BCUT2D eigenvalue weighted by Gasteiger charge is -2.18. The number of hydrogen-bond donors (Lipinski definition) is 1. The number of ether oxygens (including phenoxy) is 2. The van der Waals surface area contributed by atoms with Crippen molar-refractivity contribution >= 4 is 29.2 Å². The molecule has 0 fully saturated rings. The van der Waals surface area contributed by atoms with Crippen molar-refractivity contribution in [1.82, 2.24) is 0 Å². The highest BCUT2D eigenvalue weighted by Gasteiger charge is 2.17. The summed E-state index contributed by atoms with van der Waals surface area (Å²) in [6.07, 6.45) is 0. The summed E-state index contributed by atoms with van der Waals surface area (Å²) in [6, 6.07) is 36.8. The van der Waals surface area contributed by atoms with E-state index in [0.29, 0.717) is 22.4 Å². The lowest BCUT2D eigenvalue weighted by Crippen LogP contribution is -2.00. The Kier molecular flexibility index (Phi) is 8.16. The maximum atomic E-state index is 11.2. The lowest BCUT2D eigenvalue weighted by atomic mass is 9.93. The molecule has 0 heterocycles. The standard InChI is InChI=1S/C33H23Cl2O4/c34-26-15-18-29(30(35)19-26)32-28(24-13-16-27(17-14-24)38-20-22-5-2-1-3-6-22)7-4-8-31(32)39-21-23-9-11-25(12-10-23)33(36)37/h1-6,8-19H,20-21H2,(H,36,37). The molecule has 0 unspecified atom stereocenters. The highest BCUT2D eigenvalue weighted by Crippen LogP contribution is 2.43. The van der Waals surface area contributed by atoms with Crippen LogP contribution in [0.2, 0.25) is 10.0 Å². The van der Waals surface area contributed by atoms with Crippen LogP contribution in [0.15, 0.2) is 109 Å². The molecule has 0 amide bonds. The Morgan fingerprint density at radius 1 is 0.769 bits per heavy atom. The van der Waals surface area contributed by atoms with E-state index >= 15 is 0 Å². The third-order valence-electron chi connectivity index (χ3n) is 6.15. The lowest BCUT2D eigenvalue weighted by molar-refractivity contribution is 0.0697. The minimum absolute atomic E-state index is 0.222. The zero-order valence-electron chi connectivity index (χ0n) is 20.7. The first-order chi connectivity index (χ1) is 19.0. The van der Waals surface area contributed by atoms with Crippen LogP contribution in [-0.2, 0) is 13.2 Å². The van der Waals surface area contributed by atoms with Gasteiger partial charge >= 0.3 is 5.97 Å². The first kappa shape index (κ1) is 26.4. The van der Waals surface area contributed by atoms with Crippen LogP contribution in [0.5, 0.6) is 11.5 Å². The summed E-state index contributed by atoms with van der Waals surface area (Å²) < 4.78 is 12.2. The molecule has 5 aromatic rings. The second-order valence-corrected chi connectivity index (χ2v) is 9.65. The van der Waals surface area contributed by atoms with Crippen molar-refractivity contribution in [1.29, 1.82) is 0 Å². The zero-order valence-corrected chi connectivity index (χ0v) is 22.2. The van der Waals surface area contributed by atoms with Gasteiger partial charge in [-0.15, -0.1) is 0 Å². The van der Waals surface area contributed by atoms with E-state index in [1.54, 1.807) is 36.4 Å². The van der Waals surface area contributed by atoms with Gasteiger partial charge in [0.15, 0.2) is 0 Å². The number of carboxylic acid groups (broad SMARTS) is 1. The van der Waals surface area contributed by atoms with Crippen LogP contribution in [-0.4, -0.2) is 11.1 Å². The first-order valence-corrected chi connectivity index (χ1v) is 13.0. The van der Waals surface area contributed by atoms with Gasteiger partial charge in [0.2, 0.25) is 0 Å². The normalized spacial score (nSPS) is 10.7. The zero-order chi connectivity index (χ0) is 27.2. The molecular weight excluding hydrogens is 531 g/mol. The molecule has 0 spiro atoms. The minimum Gasteiger partial charge on any atom is -0.489 e. The molecule has 1 N–H and O–H groups in total. The second-order valence-electron chi connectivity index (χ2n) is 8.81. The Labute approximate surface area is 237 Å². The van der Waals surface area contributed by atoms with Gasteiger partial charge < -0.3 is 14.6 Å². The maximum Gasteiger partial charge on any atom is 0.335 e. The van der Waals surface area contributed by atoms with Crippen molar-refractivity contribution in [3.63, 3.8) is 0 Å². The molecule has 1 radical (unpaired) electrons. The predicted octanol–water partition coefficient (Wildman–Crippen LogP) is 8.98. The molecule has 0 aliphatic heterocycles. The topological polar surface area (TPSA) is 55.8 Å². The van der Waals surface area contributed by atoms with Gasteiger partial charge in [0.25, 0.3) is 0 Å². The number of carboxylic acids is 1. The highest BCUT2D eigenvalue weighted by molar-refractivity contribution is 6.36. The van der Waals surface area contributed by atoms with Gasteiger partial charge in [-0.2, -0.15) is 0 Å². The van der Waals surface area contributed by atoms with E-state index in [1.165, 1.54) is 0 Å². The molecule has 193 valence electrons. The Morgan fingerprint density at radius 3 is 2.15 bits per heavy atom. The van der Waals surface area contributed by atoms with E-state index in [-0.39, 0.29) is 12.2 Å². The SMILES string of the molecule is O=C(O)c1ccc(COc2cc[c]c(-c3ccc(OCc4ccccc4)cc3)c2-c2ccc(Cl)cc2Cl)cc1. The van der Waals surface area contributed by atoms with Crippen LogP contribution < -0.4 is 9.47 Å². The monoisotopic (exact) mass is 553 g/mol. The van der Waals surface area contributed by atoms with Gasteiger partial charge in [0, 0.05) is 21.7 Å². The van der Waals surface area contributed by atoms with Gasteiger partial charge in [-0.05, 0) is 65.2 Å². The summed E-state index contributed by atoms with van der Waals surface area (Å²) in [5.74, 6) is 0.396. The quantitative estimate of drug-likeness (QED) is 0.198. The van der Waals surface area contributed by atoms with E-state index in [2.05, 4.69) is 6.07 Å². The molecule has 5 rings (SSSR count). The van der Waals surface area contributed by atoms with Crippen LogP contribution in [0, 0.1) is 6.07 Å². The summed E-state index contributed by atoms with van der Waals surface area (Å²) in [5, 5.41) is 10.2. The van der Waals surface area contributed by atoms with E-state index in [9.17, 15) is 4.79 Å². The molecule has 0 saturated carbocycles. The van der Waals surface area contributed by atoms with Crippen molar-refractivity contribution in [2.24, 2.45) is 0 Å². The van der Waals surface area contributed by atoms with Gasteiger partial charge in [-0.25, -0.2) is 4.79 Å². The van der Waals surface area contributed by atoms with Crippen LogP contribution in [0.4, 0.5) is 0 Å². The Balaban J connectivity index is 1.46. The molecule has 0 aliphatic rings. The van der Waals surface area contributed by atoms with E-state index in [0.717, 1.165) is 39.1 Å². The Morgan fingerprint density at radius 2 is 1.46 bits per heavy atom. The fourth-order valence-electron chi connectivity index (χ4n) is 4.15. The average molecular weight is 554 g/mol. The number of benzene rings is 5. The van der Waals surface area contributed by atoms with Crippen LogP contribution in [0.3, 0.4) is 0 Å². The van der Waals surface area contributed by atoms with Crippen molar-refractivity contribution < 1.29 is 19.4 Å². The van der Waals surface area contributed by atoms with Crippen LogP contribution in [0.25, 0.3) is 22.3 Å². The summed E-state index contributed by atoms with van der Waals surface area (Å²) in [5.41, 5.74) is 5.42. The van der Waals surface area contributed by atoms with E-state index in [4.69, 9.17) is 37.8 Å². The van der Waals surface area contributed by atoms with E-state index in [1.807, 2.05) is 72.8 Å². The summed E-state index contributed by atoms with van der Waals surface area (Å²) in [6.45, 7) is 0.725. The molecule has 5 aromatic carbocycles. The fraction of sp³-hybridized carbons (Fsp3) is 0.0606. The average Bonchev–Trinajstić information content (AvgIpc) is 2.96. The first-order valence-electron chi connectivity index (χ1n) is 12.2. The molecule has 0 bridgehead atoms. The summed E-state index contributed by atoms with van der Waals surface area (Å²) >= 11 is 12.8. The van der Waals surface area contributed by atoms with Crippen molar-refractivity contribution in [2.45, 2.75) is 13.2 Å². The Bertz CT molecular complexity index is 1580. The van der Waals surface area contributed by atoms with Gasteiger partial charge in [0.1, 0.15) is 24.7 Å². The molecule has 4 nitrogen and oxygen atoms in total. The van der Waals surface area contributed by atoms with Crippen molar-refractivity contribution in [3.8, 4) is 33.8 Å². The third kappa shape index (κ3) is 6.43. The third-order valence-corrected chi connectivity index (χ3v) is 6.69. The van der Waals surface area contributed by atoms with Gasteiger partial charge in [-0.3, -0.25) is 0 Å². The number of carbonyl (C=O) groups is 1. The molecule has 0 saturated heterocycles. The van der Waals surface area contributed by atoms with Crippen molar-refractivity contribution in [3.05, 3.63) is 142 Å². The van der Waals surface area contributed by atoms with Crippen molar-refractivity contribution in [2.75, 3.05) is 0 Å². The molecule has 0 aliphatic carbocycles. The molecule has 0 aromatic heterocycles. The van der Waals surface area contributed by atoms with Gasteiger partial charge in [-0.1, -0.05) is 89.9 Å². The number of aromatic carboxylic acids is 1. The van der Waals surface area contributed by atoms with Crippen LogP contribution >= 0.6 is 23.2 Å². The molecule has 6 heteroatoms. The number of halogens is 2. The summed E-state index contributed by atoms with van der Waals surface area (Å²) in [7, 11) is 0. The maximum absolute atomic E-state index is 11.2. The highest BCUT2D eigenvalue weighted by atomic mass is 35.5. The minimum atomic E-state index is -0.971. The number of hydrogen-bond acceptors (Lipinski definition) is 3. The second kappa shape index (κ2) is 12.1. The van der Waals surface area contributed by atoms with Crippen LogP contribution in [0.1, 0.15) is 21.5 Å². The largest absolute Gasteiger partial charge is 0.489 e. The number of rotatable bonds is 9.